The highest BCUT2D eigenvalue weighted by Gasteiger charge is 2.12. The van der Waals surface area contributed by atoms with Crippen molar-refractivity contribution >= 4 is 22.6 Å². The molecule has 0 radical (unpaired) electrons. The molecule has 0 aliphatic carbocycles. The first-order chi connectivity index (χ1) is 10.1. The van der Waals surface area contributed by atoms with Gasteiger partial charge in [0.1, 0.15) is 11.6 Å². The Labute approximate surface area is 127 Å². The lowest BCUT2D eigenvalue weighted by Crippen LogP contribution is -2.19. The van der Waals surface area contributed by atoms with Crippen molar-refractivity contribution in [3.05, 3.63) is 64.7 Å². The van der Waals surface area contributed by atoms with Gasteiger partial charge in [0.25, 0.3) is 0 Å². The molecule has 3 nitrogen and oxygen atoms in total. The maximum Gasteiger partial charge on any atom is 0.146 e. The molecule has 5 heteroatoms. The minimum Gasteiger partial charge on any atom is -0.341 e. The SMILES string of the molecule is CC(NCc1cccc(Cl)c1F)c1nc2ccccc2[nH]1. The number of nitrogens with one attached hydrogen (secondary N) is 2. The number of aromatic nitrogens is 2. The van der Waals surface area contributed by atoms with E-state index in [1.807, 2.05) is 31.2 Å². The van der Waals surface area contributed by atoms with Gasteiger partial charge in [-0.2, -0.15) is 0 Å². The Morgan fingerprint density at radius 3 is 2.86 bits per heavy atom. The van der Waals surface area contributed by atoms with Gasteiger partial charge in [-0.3, -0.25) is 0 Å². The fraction of sp³-hybridized carbons (Fsp3) is 0.188. The van der Waals surface area contributed by atoms with E-state index in [4.69, 9.17) is 11.6 Å². The van der Waals surface area contributed by atoms with Crippen LogP contribution in [0.3, 0.4) is 0 Å². The molecule has 2 aromatic carbocycles. The summed E-state index contributed by atoms with van der Waals surface area (Å²) in [5.74, 6) is 0.460. The number of para-hydroxylation sites is 2. The van der Waals surface area contributed by atoms with Crippen LogP contribution in [0.5, 0.6) is 0 Å². The number of hydrogen-bond acceptors (Lipinski definition) is 2. The zero-order chi connectivity index (χ0) is 14.8. The largest absolute Gasteiger partial charge is 0.341 e. The monoisotopic (exact) mass is 303 g/mol. The highest BCUT2D eigenvalue weighted by Crippen LogP contribution is 2.19. The van der Waals surface area contributed by atoms with E-state index in [-0.39, 0.29) is 16.9 Å². The number of halogens is 2. The Bertz CT molecular complexity index is 736. The molecular formula is C16H15ClFN3. The summed E-state index contributed by atoms with van der Waals surface area (Å²) >= 11 is 5.78. The van der Waals surface area contributed by atoms with Gasteiger partial charge in [-0.25, -0.2) is 9.37 Å². The zero-order valence-corrected chi connectivity index (χ0v) is 12.3. The van der Waals surface area contributed by atoms with Gasteiger partial charge in [0, 0.05) is 12.1 Å². The van der Waals surface area contributed by atoms with Crippen LogP contribution >= 0.6 is 11.6 Å². The first kappa shape index (κ1) is 14.0. The zero-order valence-electron chi connectivity index (χ0n) is 11.5. The van der Waals surface area contributed by atoms with Gasteiger partial charge < -0.3 is 10.3 Å². The van der Waals surface area contributed by atoms with Gasteiger partial charge in [0.15, 0.2) is 0 Å². The molecule has 0 spiro atoms. The molecule has 0 amide bonds. The highest BCUT2D eigenvalue weighted by molar-refractivity contribution is 6.30. The Morgan fingerprint density at radius 2 is 2.05 bits per heavy atom. The van der Waals surface area contributed by atoms with E-state index < -0.39 is 0 Å². The second kappa shape index (κ2) is 5.84. The molecule has 2 N–H and O–H groups in total. The van der Waals surface area contributed by atoms with E-state index >= 15 is 0 Å². The summed E-state index contributed by atoms with van der Waals surface area (Å²) in [6.45, 7) is 2.38. The Kier molecular flexibility index (Phi) is 3.90. The maximum atomic E-state index is 13.8. The van der Waals surface area contributed by atoms with E-state index in [0.717, 1.165) is 16.9 Å². The summed E-state index contributed by atoms with van der Waals surface area (Å²) < 4.78 is 13.8. The first-order valence-electron chi connectivity index (χ1n) is 6.76. The average molecular weight is 304 g/mol. The van der Waals surface area contributed by atoms with Crippen LogP contribution in [0.25, 0.3) is 11.0 Å². The quantitative estimate of drug-likeness (QED) is 0.758. The van der Waals surface area contributed by atoms with Crippen LogP contribution in [0.2, 0.25) is 5.02 Å². The average Bonchev–Trinajstić information content (AvgIpc) is 2.92. The molecule has 3 aromatic rings. The van der Waals surface area contributed by atoms with Gasteiger partial charge in [-0.1, -0.05) is 35.9 Å². The third-order valence-electron chi connectivity index (χ3n) is 3.45. The molecule has 108 valence electrons. The Hall–Kier alpha value is -1.91. The van der Waals surface area contributed by atoms with E-state index in [1.165, 1.54) is 0 Å². The Morgan fingerprint density at radius 1 is 1.24 bits per heavy atom. The molecule has 21 heavy (non-hydrogen) atoms. The van der Waals surface area contributed by atoms with Crippen molar-refractivity contribution in [2.75, 3.05) is 0 Å². The van der Waals surface area contributed by atoms with Crippen LogP contribution < -0.4 is 5.32 Å². The number of aromatic amines is 1. The van der Waals surface area contributed by atoms with Crippen molar-refractivity contribution in [2.24, 2.45) is 0 Å². The fourth-order valence-corrected chi connectivity index (χ4v) is 2.42. The van der Waals surface area contributed by atoms with Crippen LogP contribution in [0.1, 0.15) is 24.4 Å². The second-order valence-electron chi connectivity index (χ2n) is 4.95. The molecule has 1 atom stereocenters. The van der Waals surface area contributed by atoms with Crippen LogP contribution in [0.4, 0.5) is 4.39 Å². The molecule has 0 saturated carbocycles. The van der Waals surface area contributed by atoms with Gasteiger partial charge in [-0.15, -0.1) is 0 Å². The van der Waals surface area contributed by atoms with Gasteiger partial charge in [0.05, 0.1) is 22.1 Å². The smallest absolute Gasteiger partial charge is 0.146 e. The topological polar surface area (TPSA) is 40.7 Å². The third kappa shape index (κ3) is 2.91. The summed E-state index contributed by atoms with van der Waals surface area (Å²) in [7, 11) is 0. The van der Waals surface area contributed by atoms with E-state index in [2.05, 4.69) is 15.3 Å². The predicted molar refractivity (Wildman–Crippen MR) is 82.8 cm³/mol. The third-order valence-corrected chi connectivity index (χ3v) is 3.74. The Balaban J connectivity index is 1.74. The highest BCUT2D eigenvalue weighted by atomic mass is 35.5. The number of hydrogen-bond donors (Lipinski definition) is 2. The normalized spacial score (nSPS) is 12.7. The minimum atomic E-state index is -0.372. The number of nitrogens with zero attached hydrogens (tertiary/aromatic N) is 1. The molecule has 0 saturated heterocycles. The molecule has 0 aliphatic rings. The van der Waals surface area contributed by atoms with E-state index in [1.54, 1.807) is 18.2 Å². The van der Waals surface area contributed by atoms with Crippen LogP contribution in [-0.2, 0) is 6.54 Å². The number of H-pyrrole nitrogens is 1. The summed E-state index contributed by atoms with van der Waals surface area (Å²) in [6.07, 6.45) is 0. The molecular weight excluding hydrogens is 289 g/mol. The maximum absolute atomic E-state index is 13.8. The van der Waals surface area contributed by atoms with E-state index in [9.17, 15) is 4.39 Å². The van der Waals surface area contributed by atoms with Crippen LogP contribution in [-0.4, -0.2) is 9.97 Å². The van der Waals surface area contributed by atoms with E-state index in [0.29, 0.717) is 12.1 Å². The van der Waals surface area contributed by atoms with Crippen molar-refractivity contribution in [1.82, 2.24) is 15.3 Å². The molecule has 3 rings (SSSR count). The fourth-order valence-electron chi connectivity index (χ4n) is 2.22. The van der Waals surface area contributed by atoms with Gasteiger partial charge in [-0.05, 0) is 25.1 Å². The molecule has 0 bridgehead atoms. The second-order valence-corrected chi connectivity index (χ2v) is 5.36. The lowest BCUT2D eigenvalue weighted by molar-refractivity contribution is 0.530. The van der Waals surface area contributed by atoms with Gasteiger partial charge in [0.2, 0.25) is 0 Å². The molecule has 1 unspecified atom stereocenters. The van der Waals surface area contributed by atoms with Crippen molar-refractivity contribution in [3.63, 3.8) is 0 Å². The molecule has 1 aromatic heterocycles. The summed E-state index contributed by atoms with van der Waals surface area (Å²) in [5, 5.41) is 3.40. The number of fused-ring (bicyclic) bond motifs is 1. The molecule has 0 fully saturated rings. The summed E-state index contributed by atoms with van der Waals surface area (Å²) in [4.78, 5) is 7.79. The summed E-state index contributed by atoms with van der Waals surface area (Å²) in [5.41, 5.74) is 2.47. The van der Waals surface area contributed by atoms with Crippen LogP contribution in [0, 0.1) is 5.82 Å². The molecule has 0 aliphatic heterocycles. The lowest BCUT2D eigenvalue weighted by Gasteiger charge is -2.12. The van der Waals surface area contributed by atoms with Crippen molar-refractivity contribution < 1.29 is 4.39 Å². The van der Waals surface area contributed by atoms with Crippen molar-refractivity contribution in [1.29, 1.82) is 0 Å². The number of benzene rings is 2. The van der Waals surface area contributed by atoms with Crippen molar-refractivity contribution in [2.45, 2.75) is 19.5 Å². The van der Waals surface area contributed by atoms with Crippen LogP contribution in [0.15, 0.2) is 42.5 Å². The van der Waals surface area contributed by atoms with Gasteiger partial charge >= 0.3 is 0 Å². The standard InChI is InChI=1S/C16H15ClFN3/c1-10(16-20-13-7-2-3-8-14(13)21-16)19-9-11-5-4-6-12(17)15(11)18/h2-8,10,19H,9H2,1H3,(H,20,21). The molecule has 1 heterocycles. The minimum absolute atomic E-state index is 0.0178. The number of imidazole rings is 1. The van der Waals surface area contributed by atoms with Crippen molar-refractivity contribution in [3.8, 4) is 0 Å². The number of rotatable bonds is 4. The lowest BCUT2D eigenvalue weighted by atomic mass is 10.2. The first-order valence-corrected chi connectivity index (χ1v) is 7.14. The predicted octanol–water partition coefficient (Wildman–Crippen LogP) is 4.21. The summed E-state index contributed by atoms with van der Waals surface area (Å²) in [6, 6.07) is 12.8.